The summed E-state index contributed by atoms with van der Waals surface area (Å²) >= 11 is 0. The van der Waals surface area contributed by atoms with Crippen LogP contribution in [0, 0.1) is 5.92 Å². The van der Waals surface area contributed by atoms with Crippen LogP contribution in [0.5, 0.6) is 0 Å². The molecule has 1 aromatic carbocycles. The molecule has 2 fully saturated rings. The van der Waals surface area contributed by atoms with E-state index in [-0.39, 0.29) is 30.2 Å². The largest absolute Gasteiger partial charge is 0.315 e. The molecule has 160 valence electrons. The number of aryl methyl sites for hydroxylation is 1. The monoisotopic (exact) mass is 428 g/mol. The van der Waals surface area contributed by atoms with Crippen LogP contribution in [-0.4, -0.2) is 38.3 Å². The smallest absolute Gasteiger partial charge is 0.231 e. The van der Waals surface area contributed by atoms with E-state index in [0.717, 1.165) is 36.0 Å². The van der Waals surface area contributed by atoms with E-state index in [1.807, 2.05) is 37.6 Å². The maximum absolute atomic E-state index is 13.3. The quantitative estimate of drug-likeness (QED) is 0.665. The Bertz CT molecular complexity index is 1020. The van der Waals surface area contributed by atoms with E-state index in [9.17, 15) is 4.79 Å². The average molecular weight is 429 g/mol. The van der Waals surface area contributed by atoms with Crippen LogP contribution in [0.3, 0.4) is 0 Å². The predicted octanol–water partition coefficient (Wildman–Crippen LogP) is 3.64. The first-order valence-corrected chi connectivity index (χ1v) is 10.7. The normalized spacial score (nSPS) is 22.2. The van der Waals surface area contributed by atoms with Crippen molar-refractivity contribution >= 4 is 35.3 Å². The van der Waals surface area contributed by atoms with Gasteiger partial charge in [0, 0.05) is 38.3 Å². The highest BCUT2D eigenvalue weighted by Gasteiger charge is 2.35. The van der Waals surface area contributed by atoms with Gasteiger partial charge >= 0.3 is 0 Å². The minimum absolute atomic E-state index is 0. The van der Waals surface area contributed by atoms with Gasteiger partial charge in [0.25, 0.3) is 0 Å². The highest BCUT2D eigenvalue weighted by molar-refractivity contribution is 5.94. The highest BCUT2D eigenvalue weighted by Crippen LogP contribution is 2.35. The molecule has 7 nitrogen and oxygen atoms in total. The summed E-state index contributed by atoms with van der Waals surface area (Å²) in [6.45, 7) is 1.47. The van der Waals surface area contributed by atoms with Crippen LogP contribution in [0.25, 0.3) is 11.0 Å². The van der Waals surface area contributed by atoms with E-state index in [1.165, 1.54) is 19.3 Å². The van der Waals surface area contributed by atoms with Crippen LogP contribution in [0.15, 0.2) is 36.7 Å². The predicted molar refractivity (Wildman–Crippen MR) is 120 cm³/mol. The number of fused-ring (bicyclic) bond motifs is 1. The molecule has 1 saturated carbocycles. The third kappa shape index (κ3) is 3.84. The summed E-state index contributed by atoms with van der Waals surface area (Å²) in [6, 6.07) is 8.60. The number of anilines is 1. The van der Waals surface area contributed by atoms with Crippen LogP contribution in [0.4, 0.5) is 5.95 Å². The topological polar surface area (TPSA) is 76.8 Å². The number of nitrogens with zero attached hydrogens (tertiary/aromatic N) is 4. The van der Waals surface area contributed by atoms with E-state index in [0.29, 0.717) is 18.5 Å². The number of carbonyl (C=O) groups is 1. The Balaban J connectivity index is 0.00000218. The number of imidazole rings is 1. The molecular weight excluding hydrogens is 400 g/mol. The van der Waals surface area contributed by atoms with E-state index in [2.05, 4.69) is 26.4 Å². The summed E-state index contributed by atoms with van der Waals surface area (Å²) in [5, 5.41) is 10.9. The first kappa shape index (κ1) is 20.9. The lowest BCUT2D eigenvalue weighted by Crippen LogP contribution is -2.30. The Hall–Kier alpha value is -2.38. The van der Waals surface area contributed by atoms with Crippen molar-refractivity contribution in [2.45, 2.75) is 44.1 Å². The minimum Gasteiger partial charge on any atom is -0.315 e. The maximum atomic E-state index is 13.3. The van der Waals surface area contributed by atoms with Crippen molar-refractivity contribution in [2.75, 3.05) is 18.4 Å². The molecule has 0 spiro atoms. The number of rotatable bonds is 4. The zero-order chi connectivity index (χ0) is 19.8. The van der Waals surface area contributed by atoms with Gasteiger partial charge in [0.2, 0.25) is 11.9 Å². The fourth-order valence-electron chi connectivity index (χ4n) is 4.98. The molecule has 30 heavy (non-hydrogen) atoms. The van der Waals surface area contributed by atoms with E-state index in [1.54, 1.807) is 4.68 Å². The highest BCUT2D eigenvalue weighted by atomic mass is 35.5. The summed E-state index contributed by atoms with van der Waals surface area (Å²) in [6.07, 6.45) is 9.94. The van der Waals surface area contributed by atoms with Gasteiger partial charge in [-0.1, -0.05) is 31.4 Å². The molecule has 1 amide bonds. The lowest BCUT2D eigenvalue weighted by Gasteiger charge is -2.26. The van der Waals surface area contributed by atoms with E-state index < -0.39 is 0 Å². The van der Waals surface area contributed by atoms with Crippen molar-refractivity contribution in [3.8, 4) is 0 Å². The molecule has 3 aromatic rings. The van der Waals surface area contributed by atoms with Gasteiger partial charge in [0.1, 0.15) is 0 Å². The van der Waals surface area contributed by atoms with Crippen molar-refractivity contribution < 1.29 is 4.79 Å². The molecule has 1 aliphatic carbocycles. The summed E-state index contributed by atoms with van der Waals surface area (Å²) in [7, 11) is 1.91. The molecule has 2 aromatic heterocycles. The van der Waals surface area contributed by atoms with Crippen LogP contribution < -0.4 is 10.6 Å². The van der Waals surface area contributed by atoms with Crippen molar-refractivity contribution in [2.24, 2.45) is 13.0 Å². The van der Waals surface area contributed by atoms with E-state index >= 15 is 0 Å². The number of para-hydroxylation sites is 2. The Morgan fingerprint density at radius 3 is 2.73 bits per heavy atom. The Morgan fingerprint density at radius 2 is 1.97 bits per heavy atom. The number of hydrogen-bond acceptors (Lipinski definition) is 4. The van der Waals surface area contributed by atoms with Crippen molar-refractivity contribution in [3.05, 3.63) is 42.2 Å². The number of aromatic nitrogens is 4. The molecule has 0 bridgehead atoms. The molecule has 2 N–H and O–H groups in total. The molecule has 1 aliphatic heterocycles. The van der Waals surface area contributed by atoms with Crippen LogP contribution in [-0.2, 0) is 11.8 Å². The second-order valence-electron chi connectivity index (χ2n) is 8.39. The molecule has 2 atom stereocenters. The molecule has 8 heteroatoms. The van der Waals surface area contributed by atoms with Crippen molar-refractivity contribution in [3.63, 3.8) is 0 Å². The fraction of sp³-hybridized carbons (Fsp3) is 0.500. The second kappa shape index (κ2) is 8.78. The van der Waals surface area contributed by atoms with E-state index in [4.69, 9.17) is 4.98 Å². The number of hydrogen-bond donors (Lipinski definition) is 2. The zero-order valence-corrected chi connectivity index (χ0v) is 18.1. The van der Waals surface area contributed by atoms with Gasteiger partial charge < -0.3 is 9.88 Å². The number of halogens is 1. The molecule has 3 heterocycles. The lowest BCUT2D eigenvalue weighted by atomic mass is 9.90. The van der Waals surface area contributed by atoms with Crippen LogP contribution in [0.2, 0.25) is 0 Å². The van der Waals surface area contributed by atoms with Gasteiger partial charge in [0.05, 0.1) is 23.1 Å². The van der Waals surface area contributed by atoms with Gasteiger partial charge in [0.15, 0.2) is 0 Å². The molecule has 5 rings (SSSR count). The summed E-state index contributed by atoms with van der Waals surface area (Å²) in [5.41, 5.74) is 3.17. The third-order valence-corrected chi connectivity index (χ3v) is 6.47. The van der Waals surface area contributed by atoms with Crippen LogP contribution >= 0.6 is 12.4 Å². The number of carbonyl (C=O) groups excluding carboxylic acids is 1. The van der Waals surface area contributed by atoms with Gasteiger partial charge in [-0.05, 0) is 30.5 Å². The van der Waals surface area contributed by atoms with Gasteiger partial charge in [-0.3, -0.25) is 14.8 Å². The van der Waals surface area contributed by atoms with Gasteiger partial charge in [-0.15, -0.1) is 12.4 Å². The van der Waals surface area contributed by atoms with Gasteiger partial charge in [-0.2, -0.15) is 5.10 Å². The molecule has 2 aliphatic rings. The Morgan fingerprint density at radius 1 is 1.17 bits per heavy atom. The Labute approximate surface area is 182 Å². The number of benzene rings is 1. The van der Waals surface area contributed by atoms with Gasteiger partial charge in [-0.25, -0.2) is 4.98 Å². The third-order valence-electron chi connectivity index (χ3n) is 6.47. The molecule has 0 unspecified atom stereocenters. The lowest BCUT2D eigenvalue weighted by molar-refractivity contribution is -0.119. The molecular formula is C22H29ClN6O. The van der Waals surface area contributed by atoms with Crippen LogP contribution in [0.1, 0.15) is 49.6 Å². The van der Waals surface area contributed by atoms with Crippen molar-refractivity contribution in [1.82, 2.24) is 24.6 Å². The number of amides is 1. The summed E-state index contributed by atoms with van der Waals surface area (Å²) < 4.78 is 4.07. The second-order valence-corrected chi connectivity index (χ2v) is 8.39. The first-order chi connectivity index (χ1) is 14.2. The molecule has 1 saturated heterocycles. The minimum atomic E-state index is -0.126. The standard InChI is InChI=1S/C22H28N6O.ClH/c1-27-14-15(11-24-27)17-12-23-13-18(17)21(29)26-22-25-19-9-5-6-10-20(19)28(22)16-7-3-2-4-8-16;/h5-6,9-11,14,16-18,23H,2-4,7-8,12-13H2,1H3,(H,25,26,29);1H/t17-,18+;/m1./s1. The fourth-order valence-corrected chi connectivity index (χ4v) is 4.98. The summed E-state index contributed by atoms with van der Waals surface area (Å²) in [5.74, 6) is 0.742. The molecule has 0 radical (unpaired) electrons. The zero-order valence-electron chi connectivity index (χ0n) is 17.3. The Kier molecular flexibility index (Phi) is 6.11. The SMILES string of the molecule is Cl.Cn1cc([C@H]2CNC[C@@H]2C(=O)Nc2nc3ccccc3n2C2CCCCC2)cn1. The van der Waals surface area contributed by atoms with Crippen molar-refractivity contribution in [1.29, 1.82) is 0 Å². The summed E-state index contributed by atoms with van der Waals surface area (Å²) in [4.78, 5) is 18.1. The first-order valence-electron chi connectivity index (χ1n) is 10.7. The average Bonchev–Trinajstić information content (AvgIpc) is 3.46. The number of nitrogens with one attached hydrogen (secondary N) is 2. The maximum Gasteiger partial charge on any atom is 0.231 e.